The van der Waals surface area contributed by atoms with E-state index in [0.717, 1.165) is 5.56 Å². The summed E-state index contributed by atoms with van der Waals surface area (Å²) in [5.41, 5.74) is 1.45. The first-order valence-electron chi connectivity index (χ1n) is 8.71. The number of hydrogen-bond donors (Lipinski definition) is 1. The number of carbonyl (C=O) groups is 2. The maximum atomic E-state index is 12.9. The van der Waals surface area contributed by atoms with Crippen LogP contribution in [0.1, 0.15) is 24.7 Å². The summed E-state index contributed by atoms with van der Waals surface area (Å²) >= 11 is 0. The maximum absolute atomic E-state index is 12.9. The van der Waals surface area contributed by atoms with E-state index >= 15 is 0 Å². The molecule has 1 atom stereocenters. The maximum Gasteiger partial charge on any atom is 0.227 e. The third-order valence-electron chi connectivity index (χ3n) is 4.51. The van der Waals surface area contributed by atoms with E-state index in [1.165, 1.54) is 13.2 Å². The molecule has 1 unspecified atom stereocenters. The van der Waals surface area contributed by atoms with E-state index in [0.29, 0.717) is 17.9 Å². The number of anilines is 1. The molecule has 3 rings (SSSR count). The van der Waals surface area contributed by atoms with Crippen molar-refractivity contribution in [1.29, 1.82) is 0 Å². The first-order chi connectivity index (χ1) is 12.8. The lowest BCUT2D eigenvalue weighted by atomic mass is 10.1. The Balaban J connectivity index is 1.73. The minimum absolute atomic E-state index is 0.0130. The van der Waals surface area contributed by atoms with Gasteiger partial charge >= 0.3 is 0 Å². The third kappa shape index (κ3) is 5.19. The SMILES string of the molecule is CC(=O)Nc1ccc(CC(=O)N(Cc2ccco2)C2CCS(=O)(=O)C2)cc1. The Bertz CT molecular complexity index is 904. The number of nitrogens with zero attached hydrogens (tertiary/aromatic N) is 1. The molecule has 1 saturated heterocycles. The molecule has 1 N–H and O–H groups in total. The molecule has 0 spiro atoms. The van der Waals surface area contributed by atoms with Gasteiger partial charge in [-0.15, -0.1) is 0 Å². The van der Waals surface area contributed by atoms with Crippen LogP contribution in [-0.4, -0.2) is 42.7 Å². The zero-order chi connectivity index (χ0) is 19.4. The van der Waals surface area contributed by atoms with Gasteiger partial charge in [-0.3, -0.25) is 9.59 Å². The molecule has 1 aromatic carbocycles. The molecule has 1 aromatic heterocycles. The van der Waals surface area contributed by atoms with Gasteiger partial charge in [-0.1, -0.05) is 12.1 Å². The van der Waals surface area contributed by atoms with E-state index in [-0.39, 0.29) is 42.3 Å². The van der Waals surface area contributed by atoms with Crippen molar-refractivity contribution >= 4 is 27.3 Å². The predicted octanol–water partition coefficient (Wildman–Crippen LogP) is 2.00. The third-order valence-corrected chi connectivity index (χ3v) is 6.26. The van der Waals surface area contributed by atoms with Gasteiger partial charge in [-0.05, 0) is 36.2 Å². The number of furan rings is 1. The first-order valence-corrected chi connectivity index (χ1v) is 10.5. The van der Waals surface area contributed by atoms with Gasteiger partial charge in [0.05, 0.1) is 30.7 Å². The van der Waals surface area contributed by atoms with Gasteiger partial charge in [-0.25, -0.2) is 8.42 Å². The summed E-state index contributed by atoms with van der Waals surface area (Å²) in [4.78, 5) is 25.6. The van der Waals surface area contributed by atoms with E-state index in [1.807, 2.05) is 0 Å². The summed E-state index contributed by atoms with van der Waals surface area (Å²) < 4.78 is 29.1. The highest BCUT2D eigenvalue weighted by Crippen LogP contribution is 2.22. The minimum atomic E-state index is -3.11. The van der Waals surface area contributed by atoms with Crippen LogP contribution in [0, 0.1) is 0 Å². The van der Waals surface area contributed by atoms with Crippen molar-refractivity contribution in [2.45, 2.75) is 32.4 Å². The van der Waals surface area contributed by atoms with Gasteiger partial charge in [0.2, 0.25) is 11.8 Å². The van der Waals surface area contributed by atoms with Crippen LogP contribution in [0.25, 0.3) is 0 Å². The van der Waals surface area contributed by atoms with Gasteiger partial charge < -0.3 is 14.6 Å². The number of carbonyl (C=O) groups excluding carboxylic acids is 2. The average Bonchev–Trinajstić information content (AvgIpc) is 3.23. The molecule has 1 aliphatic heterocycles. The van der Waals surface area contributed by atoms with Crippen LogP contribution in [0.15, 0.2) is 47.1 Å². The molecule has 1 fully saturated rings. The summed E-state index contributed by atoms with van der Waals surface area (Å²) in [6.45, 7) is 1.68. The number of hydrogen-bond acceptors (Lipinski definition) is 5. The summed E-state index contributed by atoms with van der Waals surface area (Å²) in [6.07, 6.45) is 2.12. The molecular weight excluding hydrogens is 368 g/mol. The van der Waals surface area contributed by atoms with Crippen LogP contribution in [0.3, 0.4) is 0 Å². The zero-order valence-corrected chi connectivity index (χ0v) is 15.9. The summed E-state index contributed by atoms with van der Waals surface area (Å²) in [7, 11) is -3.11. The van der Waals surface area contributed by atoms with Crippen LogP contribution in [-0.2, 0) is 32.4 Å². The molecule has 8 heteroatoms. The van der Waals surface area contributed by atoms with Crippen LogP contribution in [0.5, 0.6) is 0 Å². The van der Waals surface area contributed by atoms with Gasteiger partial charge in [0, 0.05) is 18.7 Å². The van der Waals surface area contributed by atoms with Crippen molar-refractivity contribution in [3.05, 3.63) is 54.0 Å². The first kappa shape index (κ1) is 19.2. The van der Waals surface area contributed by atoms with Gasteiger partial charge in [0.25, 0.3) is 0 Å². The molecule has 27 heavy (non-hydrogen) atoms. The van der Waals surface area contributed by atoms with Gasteiger partial charge in [0.1, 0.15) is 5.76 Å². The van der Waals surface area contributed by atoms with Crippen LogP contribution < -0.4 is 5.32 Å². The Labute approximate surface area is 158 Å². The predicted molar refractivity (Wildman–Crippen MR) is 101 cm³/mol. The number of rotatable bonds is 6. The van der Waals surface area contributed by atoms with Crippen LogP contribution in [0.4, 0.5) is 5.69 Å². The highest BCUT2D eigenvalue weighted by Gasteiger charge is 2.35. The van der Waals surface area contributed by atoms with E-state index in [4.69, 9.17) is 4.42 Å². The molecule has 2 heterocycles. The topological polar surface area (TPSA) is 96.7 Å². The number of sulfone groups is 1. The summed E-state index contributed by atoms with van der Waals surface area (Å²) in [6, 6.07) is 10.2. The summed E-state index contributed by atoms with van der Waals surface area (Å²) in [5.74, 6) is 0.395. The molecule has 1 aliphatic rings. The second-order valence-corrected chi connectivity index (χ2v) is 8.94. The Kier molecular flexibility index (Phi) is 5.65. The Morgan fingerprint density at radius 1 is 1.22 bits per heavy atom. The molecule has 144 valence electrons. The lowest BCUT2D eigenvalue weighted by Crippen LogP contribution is -2.41. The summed E-state index contributed by atoms with van der Waals surface area (Å²) in [5, 5.41) is 2.68. The molecule has 0 bridgehead atoms. The van der Waals surface area contributed by atoms with Crippen molar-refractivity contribution in [3.63, 3.8) is 0 Å². The van der Waals surface area contributed by atoms with Crippen molar-refractivity contribution in [2.75, 3.05) is 16.8 Å². The lowest BCUT2D eigenvalue weighted by Gasteiger charge is -2.27. The quantitative estimate of drug-likeness (QED) is 0.814. The molecule has 2 amide bonds. The lowest BCUT2D eigenvalue weighted by molar-refractivity contribution is -0.133. The fraction of sp³-hybridized carbons (Fsp3) is 0.368. The number of nitrogens with one attached hydrogen (secondary N) is 1. The molecule has 0 saturated carbocycles. The minimum Gasteiger partial charge on any atom is -0.467 e. The Hall–Kier alpha value is -2.61. The Morgan fingerprint density at radius 2 is 1.96 bits per heavy atom. The zero-order valence-electron chi connectivity index (χ0n) is 15.1. The van der Waals surface area contributed by atoms with E-state index < -0.39 is 9.84 Å². The highest BCUT2D eigenvalue weighted by molar-refractivity contribution is 7.91. The normalized spacial score (nSPS) is 18.2. The Morgan fingerprint density at radius 3 is 2.52 bits per heavy atom. The van der Waals surface area contributed by atoms with Crippen molar-refractivity contribution in [1.82, 2.24) is 4.90 Å². The van der Waals surface area contributed by atoms with E-state index in [1.54, 1.807) is 41.3 Å². The van der Waals surface area contributed by atoms with Crippen LogP contribution >= 0.6 is 0 Å². The fourth-order valence-electron chi connectivity index (χ4n) is 3.20. The van der Waals surface area contributed by atoms with Gasteiger partial charge in [0.15, 0.2) is 9.84 Å². The van der Waals surface area contributed by atoms with Crippen molar-refractivity contribution in [2.24, 2.45) is 0 Å². The second kappa shape index (κ2) is 7.96. The monoisotopic (exact) mass is 390 g/mol. The second-order valence-electron chi connectivity index (χ2n) is 6.71. The van der Waals surface area contributed by atoms with Crippen molar-refractivity contribution < 1.29 is 22.4 Å². The number of amides is 2. The molecular formula is C19H22N2O5S. The van der Waals surface area contributed by atoms with E-state index in [2.05, 4.69) is 5.32 Å². The molecule has 0 radical (unpaired) electrons. The number of benzene rings is 1. The fourth-order valence-corrected chi connectivity index (χ4v) is 4.93. The highest BCUT2D eigenvalue weighted by atomic mass is 32.2. The average molecular weight is 390 g/mol. The smallest absolute Gasteiger partial charge is 0.227 e. The van der Waals surface area contributed by atoms with Crippen LogP contribution in [0.2, 0.25) is 0 Å². The molecule has 7 nitrogen and oxygen atoms in total. The molecule has 2 aromatic rings. The van der Waals surface area contributed by atoms with Gasteiger partial charge in [-0.2, -0.15) is 0 Å². The molecule has 0 aliphatic carbocycles. The van der Waals surface area contributed by atoms with E-state index in [9.17, 15) is 18.0 Å². The standard InChI is InChI=1S/C19H22N2O5S/c1-14(22)20-16-6-4-15(5-7-16)11-19(23)21(12-18-3-2-9-26-18)17-8-10-27(24,25)13-17/h2-7,9,17H,8,10-13H2,1H3,(H,20,22). The largest absolute Gasteiger partial charge is 0.467 e. The van der Waals surface area contributed by atoms with Crippen molar-refractivity contribution in [3.8, 4) is 0 Å².